The van der Waals surface area contributed by atoms with Crippen molar-refractivity contribution in [1.29, 1.82) is 0 Å². The van der Waals surface area contributed by atoms with Gasteiger partial charge in [0, 0.05) is 6.54 Å². The Bertz CT molecular complexity index is 571. The summed E-state index contributed by atoms with van der Waals surface area (Å²) in [6, 6.07) is 7.43. The molecule has 23 heavy (non-hydrogen) atoms. The van der Waals surface area contributed by atoms with Gasteiger partial charge in [-0.05, 0) is 44.2 Å². The minimum atomic E-state index is -0.156. The Morgan fingerprint density at radius 2 is 2.04 bits per heavy atom. The van der Waals surface area contributed by atoms with Gasteiger partial charge in [0.25, 0.3) is 0 Å². The fourth-order valence-electron chi connectivity index (χ4n) is 2.90. The molecular formula is C18H24N2O3. The van der Waals surface area contributed by atoms with Gasteiger partial charge < -0.3 is 20.1 Å². The Balaban J connectivity index is 1.34. The van der Waals surface area contributed by atoms with Crippen LogP contribution in [-0.4, -0.2) is 31.8 Å². The summed E-state index contributed by atoms with van der Waals surface area (Å²) in [6.45, 7) is 1.57. The van der Waals surface area contributed by atoms with E-state index < -0.39 is 0 Å². The first-order valence-corrected chi connectivity index (χ1v) is 8.39. The molecule has 0 bridgehead atoms. The normalized spacial score (nSPS) is 19.7. The number of para-hydroxylation sites is 2. The van der Waals surface area contributed by atoms with E-state index >= 15 is 0 Å². The van der Waals surface area contributed by atoms with E-state index in [1.54, 1.807) is 0 Å². The predicted molar refractivity (Wildman–Crippen MR) is 88.9 cm³/mol. The van der Waals surface area contributed by atoms with Crippen molar-refractivity contribution < 1.29 is 14.3 Å². The number of hydrogen-bond donors (Lipinski definition) is 2. The molecule has 0 unspecified atom stereocenters. The number of carbonyl (C=O) groups excluding carboxylic acids is 1. The zero-order chi connectivity index (χ0) is 15.9. The molecule has 2 aliphatic rings. The molecule has 5 heteroatoms. The van der Waals surface area contributed by atoms with Gasteiger partial charge in [-0.1, -0.05) is 23.8 Å². The number of ether oxygens (including phenoxy) is 2. The average Bonchev–Trinajstić information content (AvgIpc) is 2.61. The maximum atomic E-state index is 11.8. The predicted octanol–water partition coefficient (Wildman–Crippen LogP) is 3.02. The molecule has 1 aliphatic heterocycles. The summed E-state index contributed by atoms with van der Waals surface area (Å²) in [5.41, 5.74) is 1.47. The maximum Gasteiger partial charge on any atom is 0.314 e. The van der Waals surface area contributed by atoms with Gasteiger partial charge in [0.1, 0.15) is 6.61 Å². The van der Waals surface area contributed by atoms with Gasteiger partial charge in [0.15, 0.2) is 17.6 Å². The van der Waals surface area contributed by atoms with Crippen molar-refractivity contribution in [2.75, 3.05) is 19.7 Å². The highest BCUT2D eigenvalue weighted by atomic mass is 16.6. The largest absolute Gasteiger partial charge is 0.486 e. The smallest absolute Gasteiger partial charge is 0.314 e. The number of nitrogens with one attached hydrogen (secondary N) is 2. The molecule has 2 N–H and O–H groups in total. The van der Waals surface area contributed by atoms with Crippen molar-refractivity contribution in [3.05, 3.63) is 35.9 Å². The summed E-state index contributed by atoms with van der Waals surface area (Å²) >= 11 is 0. The topological polar surface area (TPSA) is 59.6 Å². The lowest BCUT2D eigenvalue weighted by atomic mass is 9.97. The van der Waals surface area contributed by atoms with Gasteiger partial charge in [-0.2, -0.15) is 0 Å². The molecule has 1 heterocycles. The Kier molecular flexibility index (Phi) is 5.40. The first-order chi connectivity index (χ1) is 11.3. The Morgan fingerprint density at radius 3 is 2.87 bits per heavy atom. The lowest BCUT2D eigenvalue weighted by Gasteiger charge is -2.26. The highest BCUT2D eigenvalue weighted by Gasteiger charge is 2.20. The van der Waals surface area contributed by atoms with Crippen LogP contribution in [0.5, 0.6) is 11.5 Å². The van der Waals surface area contributed by atoms with Crippen LogP contribution in [-0.2, 0) is 0 Å². The summed E-state index contributed by atoms with van der Waals surface area (Å²) in [5.74, 6) is 1.49. The van der Waals surface area contributed by atoms with Crippen LogP contribution in [0.4, 0.5) is 4.79 Å². The lowest BCUT2D eigenvalue weighted by Crippen LogP contribution is -2.44. The fraction of sp³-hybridized carbons (Fsp3) is 0.500. The van der Waals surface area contributed by atoms with Crippen molar-refractivity contribution in [2.24, 2.45) is 0 Å². The Hall–Kier alpha value is -2.17. The van der Waals surface area contributed by atoms with E-state index in [4.69, 9.17) is 9.47 Å². The number of allylic oxidation sites excluding steroid dienone is 1. The molecule has 0 saturated carbocycles. The van der Waals surface area contributed by atoms with Crippen LogP contribution in [0.2, 0.25) is 0 Å². The molecule has 1 aromatic rings. The van der Waals surface area contributed by atoms with Crippen LogP contribution in [0.1, 0.15) is 32.1 Å². The number of benzene rings is 1. The van der Waals surface area contributed by atoms with Crippen LogP contribution in [0.15, 0.2) is 35.9 Å². The molecule has 2 amide bonds. The Labute approximate surface area is 137 Å². The number of carbonyl (C=O) groups is 1. The number of amides is 2. The monoisotopic (exact) mass is 316 g/mol. The molecule has 0 spiro atoms. The molecule has 1 aliphatic carbocycles. The number of rotatable bonds is 5. The van der Waals surface area contributed by atoms with Crippen molar-refractivity contribution in [2.45, 2.75) is 38.2 Å². The molecule has 0 saturated heterocycles. The second-order valence-corrected chi connectivity index (χ2v) is 5.99. The average molecular weight is 316 g/mol. The van der Waals surface area contributed by atoms with E-state index in [-0.39, 0.29) is 12.1 Å². The summed E-state index contributed by atoms with van der Waals surface area (Å²) in [6.07, 6.45) is 8.04. The molecular weight excluding hydrogens is 292 g/mol. The van der Waals surface area contributed by atoms with E-state index in [1.807, 2.05) is 24.3 Å². The van der Waals surface area contributed by atoms with Crippen LogP contribution in [0, 0.1) is 0 Å². The highest BCUT2D eigenvalue weighted by Crippen LogP contribution is 2.30. The van der Waals surface area contributed by atoms with Gasteiger partial charge in [-0.15, -0.1) is 0 Å². The van der Waals surface area contributed by atoms with E-state index in [9.17, 15) is 4.79 Å². The fourth-order valence-corrected chi connectivity index (χ4v) is 2.90. The summed E-state index contributed by atoms with van der Waals surface area (Å²) in [5, 5.41) is 5.75. The van der Waals surface area contributed by atoms with Gasteiger partial charge in [0.05, 0.1) is 6.54 Å². The molecule has 1 aromatic carbocycles. The number of urea groups is 1. The first kappa shape index (κ1) is 15.7. The van der Waals surface area contributed by atoms with Crippen molar-refractivity contribution >= 4 is 6.03 Å². The maximum absolute atomic E-state index is 11.8. The quantitative estimate of drug-likeness (QED) is 0.821. The third-order valence-corrected chi connectivity index (χ3v) is 4.17. The Morgan fingerprint density at radius 1 is 1.17 bits per heavy atom. The molecule has 0 radical (unpaired) electrons. The third-order valence-electron chi connectivity index (χ3n) is 4.17. The molecule has 0 fully saturated rings. The molecule has 5 nitrogen and oxygen atoms in total. The van der Waals surface area contributed by atoms with Crippen molar-refractivity contribution in [1.82, 2.24) is 10.6 Å². The highest BCUT2D eigenvalue weighted by molar-refractivity contribution is 5.73. The standard InChI is InChI=1S/C18H24N2O3/c21-18(19-11-10-14-6-2-1-3-7-14)20-12-15-13-22-16-8-4-5-9-17(16)23-15/h4-6,8-9,15H,1-3,7,10-13H2,(H2,19,20,21)/t15-/m1/s1. The summed E-state index contributed by atoms with van der Waals surface area (Å²) in [7, 11) is 0. The SMILES string of the molecule is O=C(NCCC1=CCCCC1)NC[C@@H]1COc2ccccc2O1. The minimum absolute atomic E-state index is 0.149. The number of fused-ring (bicyclic) bond motifs is 1. The van der Waals surface area contributed by atoms with Crippen LogP contribution in [0.3, 0.4) is 0 Å². The number of hydrogen-bond acceptors (Lipinski definition) is 3. The molecule has 0 aromatic heterocycles. The zero-order valence-electron chi connectivity index (χ0n) is 13.3. The molecule has 3 rings (SSSR count). The van der Waals surface area contributed by atoms with Crippen molar-refractivity contribution in [3.8, 4) is 11.5 Å². The van der Waals surface area contributed by atoms with Gasteiger partial charge in [-0.25, -0.2) is 4.79 Å². The van der Waals surface area contributed by atoms with Crippen LogP contribution in [0.25, 0.3) is 0 Å². The van der Waals surface area contributed by atoms with Crippen molar-refractivity contribution in [3.63, 3.8) is 0 Å². The van der Waals surface area contributed by atoms with Crippen LogP contribution >= 0.6 is 0 Å². The first-order valence-electron chi connectivity index (χ1n) is 8.39. The van der Waals surface area contributed by atoms with Gasteiger partial charge in [-0.3, -0.25) is 0 Å². The minimum Gasteiger partial charge on any atom is -0.486 e. The summed E-state index contributed by atoms with van der Waals surface area (Å²) in [4.78, 5) is 11.8. The zero-order valence-corrected chi connectivity index (χ0v) is 13.3. The van der Waals surface area contributed by atoms with E-state index in [0.29, 0.717) is 19.7 Å². The van der Waals surface area contributed by atoms with E-state index in [1.165, 1.54) is 31.3 Å². The second kappa shape index (κ2) is 7.90. The lowest BCUT2D eigenvalue weighted by molar-refractivity contribution is 0.0918. The van der Waals surface area contributed by atoms with Crippen LogP contribution < -0.4 is 20.1 Å². The molecule has 124 valence electrons. The summed E-state index contributed by atoms with van der Waals surface area (Å²) < 4.78 is 11.4. The van der Waals surface area contributed by atoms with Gasteiger partial charge in [0.2, 0.25) is 0 Å². The molecule has 1 atom stereocenters. The second-order valence-electron chi connectivity index (χ2n) is 5.99. The van der Waals surface area contributed by atoms with Gasteiger partial charge >= 0.3 is 6.03 Å². The third kappa shape index (κ3) is 4.65. The van der Waals surface area contributed by atoms with E-state index in [0.717, 1.165) is 17.9 Å². The van der Waals surface area contributed by atoms with E-state index in [2.05, 4.69) is 16.7 Å².